The molecule has 0 heterocycles. The number of carbonyl (C=O) groups is 3. The molecule has 0 bridgehead atoms. The zero-order valence-corrected chi connectivity index (χ0v) is 17.7. The van der Waals surface area contributed by atoms with Gasteiger partial charge in [0.1, 0.15) is 0 Å². The van der Waals surface area contributed by atoms with Crippen LogP contribution in [0, 0.1) is 6.92 Å². The topological polar surface area (TPSA) is 84.5 Å². The van der Waals surface area contributed by atoms with E-state index >= 15 is 0 Å². The third-order valence-corrected chi connectivity index (χ3v) is 4.88. The minimum Gasteiger partial charge on any atom is -0.455 e. The number of rotatable bonds is 9. The van der Waals surface area contributed by atoms with Crippen LogP contribution < -0.4 is 10.6 Å². The number of hydrogen-bond acceptors (Lipinski definition) is 5. The van der Waals surface area contributed by atoms with Crippen molar-refractivity contribution in [3.63, 3.8) is 0 Å². The summed E-state index contributed by atoms with van der Waals surface area (Å²) < 4.78 is 4.99. The van der Waals surface area contributed by atoms with E-state index in [4.69, 9.17) is 4.74 Å². The molecule has 0 aliphatic rings. The molecule has 0 saturated heterocycles. The molecule has 2 aromatic carbocycles. The fraction of sp³-hybridized carbons (Fsp3) is 0.318. The van der Waals surface area contributed by atoms with Crippen molar-refractivity contribution in [3.05, 3.63) is 59.7 Å². The van der Waals surface area contributed by atoms with Crippen LogP contribution in [0.15, 0.2) is 48.5 Å². The maximum Gasteiger partial charge on any atom is 0.316 e. The van der Waals surface area contributed by atoms with Gasteiger partial charge in [-0.1, -0.05) is 44.2 Å². The van der Waals surface area contributed by atoms with Crippen molar-refractivity contribution in [2.45, 2.75) is 26.7 Å². The van der Waals surface area contributed by atoms with E-state index in [1.807, 2.05) is 63.2 Å². The molecule has 29 heavy (non-hydrogen) atoms. The Labute approximate surface area is 175 Å². The molecule has 6 nitrogen and oxygen atoms in total. The number of aryl methyl sites for hydroxylation is 1. The van der Waals surface area contributed by atoms with Crippen LogP contribution in [-0.2, 0) is 19.1 Å². The van der Waals surface area contributed by atoms with Crippen molar-refractivity contribution >= 4 is 40.9 Å². The van der Waals surface area contributed by atoms with Gasteiger partial charge in [-0.2, -0.15) is 0 Å². The average molecular weight is 415 g/mol. The fourth-order valence-corrected chi connectivity index (χ4v) is 3.24. The van der Waals surface area contributed by atoms with Crippen LogP contribution in [0.1, 0.15) is 30.9 Å². The molecule has 2 amide bonds. The van der Waals surface area contributed by atoms with Crippen molar-refractivity contribution in [1.29, 1.82) is 0 Å². The summed E-state index contributed by atoms with van der Waals surface area (Å²) in [6.07, 6.45) is 0. The Morgan fingerprint density at radius 2 is 1.72 bits per heavy atom. The second kappa shape index (κ2) is 11.3. The van der Waals surface area contributed by atoms with E-state index in [1.165, 1.54) is 0 Å². The molecular weight excluding hydrogens is 388 g/mol. The summed E-state index contributed by atoms with van der Waals surface area (Å²) in [6.45, 7) is 5.66. The lowest BCUT2D eigenvalue weighted by atomic mass is 10.0. The first-order chi connectivity index (χ1) is 13.8. The lowest BCUT2D eigenvalue weighted by molar-refractivity contribution is -0.144. The normalized spacial score (nSPS) is 10.5. The number of thioether (sulfide) groups is 1. The summed E-state index contributed by atoms with van der Waals surface area (Å²) in [5, 5.41) is 5.54. The Morgan fingerprint density at radius 3 is 2.45 bits per heavy atom. The molecule has 7 heteroatoms. The van der Waals surface area contributed by atoms with Crippen LogP contribution in [0.5, 0.6) is 0 Å². The van der Waals surface area contributed by atoms with Crippen LogP contribution in [-0.4, -0.2) is 35.9 Å². The van der Waals surface area contributed by atoms with E-state index in [9.17, 15) is 14.4 Å². The predicted octanol–water partition coefficient (Wildman–Crippen LogP) is 3.97. The van der Waals surface area contributed by atoms with Gasteiger partial charge in [0.05, 0.1) is 11.5 Å². The van der Waals surface area contributed by atoms with Crippen LogP contribution in [0.3, 0.4) is 0 Å². The number of amides is 2. The first-order valence-corrected chi connectivity index (χ1v) is 10.5. The lowest BCUT2D eigenvalue weighted by Gasteiger charge is -2.13. The molecule has 0 aliphatic heterocycles. The number of benzene rings is 2. The van der Waals surface area contributed by atoms with E-state index in [-0.39, 0.29) is 29.9 Å². The molecule has 0 aromatic heterocycles. The Morgan fingerprint density at radius 1 is 0.966 bits per heavy atom. The number of nitrogens with one attached hydrogen (secondary N) is 2. The third-order valence-electron chi connectivity index (χ3n) is 3.98. The average Bonchev–Trinajstić information content (AvgIpc) is 2.66. The molecule has 2 rings (SSSR count). The maximum atomic E-state index is 12.0. The highest BCUT2D eigenvalue weighted by Gasteiger charge is 2.12. The molecule has 0 fully saturated rings. The largest absolute Gasteiger partial charge is 0.455 e. The molecule has 0 unspecified atom stereocenters. The van der Waals surface area contributed by atoms with Gasteiger partial charge in [0, 0.05) is 11.4 Å². The van der Waals surface area contributed by atoms with Gasteiger partial charge in [0.2, 0.25) is 5.91 Å². The highest BCUT2D eigenvalue weighted by Crippen LogP contribution is 2.23. The molecular formula is C22H26N2O4S. The Hall–Kier alpha value is -2.80. The standard InChI is InChI=1S/C22H26N2O4S/c1-15(2)18-9-4-5-10-19(18)24-20(25)12-28-22(27)14-29-13-21(26)23-17-8-6-7-16(3)11-17/h4-11,15H,12-14H2,1-3H3,(H,23,26)(H,24,25). The Kier molecular flexibility index (Phi) is 8.73. The minimum atomic E-state index is -0.536. The number of para-hydroxylation sites is 1. The van der Waals surface area contributed by atoms with Crippen molar-refractivity contribution < 1.29 is 19.1 Å². The number of hydrogen-bond donors (Lipinski definition) is 2. The molecule has 0 spiro atoms. The molecule has 2 N–H and O–H groups in total. The van der Waals surface area contributed by atoms with Gasteiger partial charge >= 0.3 is 5.97 Å². The van der Waals surface area contributed by atoms with Crippen LogP contribution in [0.4, 0.5) is 11.4 Å². The van der Waals surface area contributed by atoms with Gasteiger partial charge < -0.3 is 15.4 Å². The first-order valence-electron chi connectivity index (χ1n) is 9.34. The molecule has 154 valence electrons. The maximum absolute atomic E-state index is 12.0. The summed E-state index contributed by atoms with van der Waals surface area (Å²) in [5.74, 6) is -0.749. The Balaban J connectivity index is 1.68. The van der Waals surface area contributed by atoms with Crippen LogP contribution >= 0.6 is 11.8 Å². The van der Waals surface area contributed by atoms with E-state index in [0.29, 0.717) is 5.69 Å². The Bertz CT molecular complexity index is 867. The summed E-state index contributed by atoms with van der Waals surface area (Å²) in [7, 11) is 0. The molecule has 0 saturated carbocycles. The summed E-state index contributed by atoms with van der Waals surface area (Å²) >= 11 is 1.14. The monoisotopic (exact) mass is 414 g/mol. The quantitative estimate of drug-likeness (QED) is 0.607. The minimum absolute atomic E-state index is 0.00288. The zero-order chi connectivity index (χ0) is 21.2. The van der Waals surface area contributed by atoms with Crippen LogP contribution in [0.2, 0.25) is 0 Å². The highest BCUT2D eigenvalue weighted by molar-refractivity contribution is 8.00. The third kappa shape index (κ3) is 7.99. The molecule has 2 aromatic rings. The predicted molar refractivity (Wildman–Crippen MR) is 117 cm³/mol. The van der Waals surface area contributed by atoms with Gasteiger partial charge in [-0.3, -0.25) is 14.4 Å². The van der Waals surface area contributed by atoms with Crippen molar-refractivity contribution in [3.8, 4) is 0 Å². The number of anilines is 2. The summed E-state index contributed by atoms with van der Waals surface area (Å²) in [5.41, 5.74) is 3.50. The van der Waals surface area contributed by atoms with Gasteiger partial charge in [0.15, 0.2) is 6.61 Å². The molecule has 0 radical (unpaired) electrons. The van der Waals surface area contributed by atoms with Gasteiger partial charge in [-0.25, -0.2) is 0 Å². The van der Waals surface area contributed by atoms with Gasteiger partial charge in [0.25, 0.3) is 5.91 Å². The van der Waals surface area contributed by atoms with Crippen LogP contribution in [0.25, 0.3) is 0 Å². The fourth-order valence-electron chi connectivity index (χ4n) is 2.64. The lowest BCUT2D eigenvalue weighted by Crippen LogP contribution is -2.23. The van der Waals surface area contributed by atoms with Crippen molar-refractivity contribution in [1.82, 2.24) is 0 Å². The summed E-state index contributed by atoms with van der Waals surface area (Å²) in [4.78, 5) is 35.8. The van der Waals surface area contributed by atoms with Crippen molar-refractivity contribution in [2.24, 2.45) is 0 Å². The van der Waals surface area contributed by atoms with Crippen molar-refractivity contribution in [2.75, 3.05) is 28.7 Å². The van der Waals surface area contributed by atoms with E-state index in [0.717, 1.165) is 28.6 Å². The summed E-state index contributed by atoms with van der Waals surface area (Å²) in [6, 6.07) is 15.0. The molecule has 0 atom stereocenters. The number of carbonyl (C=O) groups excluding carboxylic acids is 3. The van der Waals surface area contributed by atoms with E-state index in [1.54, 1.807) is 6.07 Å². The van der Waals surface area contributed by atoms with Gasteiger partial charge in [-0.15, -0.1) is 11.8 Å². The van der Waals surface area contributed by atoms with E-state index < -0.39 is 11.9 Å². The SMILES string of the molecule is Cc1cccc(NC(=O)CSCC(=O)OCC(=O)Nc2ccccc2C(C)C)c1. The zero-order valence-electron chi connectivity index (χ0n) is 16.9. The smallest absolute Gasteiger partial charge is 0.316 e. The van der Waals surface area contributed by atoms with E-state index in [2.05, 4.69) is 10.6 Å². The number of esters is 1. The second-order valence-corrected chi connectivity index (χ2v) is 7.85. The first kappa shape index (κ1) is 22.5. The highest BCUT2D eigenvalue weighted by atomic mass is 32.2. The second-order valence-electron chi connectivity index (χ2n) is 6.86. The number of ether oxygens (including phenoxy) is 1. The van der Waals surface area contributed by atoms with Gasteiger partial charge in [-0.05, 0) is 42.2 Å². The molecule has 0 aliphatic carbocycles.